The molecule has 0 heterocycles. The van der Waals surface area contributed by atoms with E-state index in [4.69, 9.17) is 4.43 Å². The molecule has 198 valence electrons. The van der Waals surface area contributed by atoms with Crippen LogP contribution >= 0.6 is 31.2 Å². The van der Waals surface area contributed by atoms with Crippen molar-refractivity contribution in [2.75, 3.05) is 6.16 Å². The van der Waals surface area contributed by atoms with Crippen LogP contribution in [0.5, 0.6) is 0 Å². The molecule has 0 saturated heterocycles. The van der Waals surface area contributed by atoms with Gasteiger partial charge in [-0.05, 0) is 92.2 Å². The van der Waals surface area contributed by atoms with Crippen LogP contribution in [0.2, 0.25) is 18.1 Å². The third-order valence-electron chi connectivity index (χ3n) is 8.28. The Morgan fingerprint density at radius 3 is 1.68 bits per heavy atom. The molecule has 0 aliphatic heterocycles. The monoisotopic (exact) mass is 643 g/mol. The summed E-state index contributed by atoms with van der Waals surface area (Å²) in [4.78, 5) is 0. The fourth-order valence-corrected chi connectivity index (χ4v) is 10.9. The van der Waals surface area contributed by atoms with E-state index in [1.54, 1.807) is 5.57 Å². The standard InChI is InChI=1S/C33H44OPSi.HI/c1-33(2,3)36(4,5)34-32-26-16-15-18-28(32)19-17-27-35(29-20-9-6-10-21-29,30-22-11-7-12-23-30)31-24-13-8-14-25-31;/h6-14,18,20-25,32H,15-17,19,26-27H2,1-5H3;1H/q+1;. The van der Waals surface area contributed by atoms with Gasteiger partial charge in [-0.15, -0.1) is 24.0 Å². The first kappa shape index (κ1) is 30.3. The largest absolute Gasteiger partial charge is 0.410 e. The Labute approximate surface area is 244 Å². The third-order valence-corrected chi connectivity index (χ3v) is 17.3. The van der Waals surface area contributed by atoms with E-state index in [1.165, 1.54) is 47.8 Å². The van der Waals surface area contributed by atoms with Crippen LogP contribution in [0, 0.1) is 0 Å². The fraction of sp³-hybridized carbons (Fsp3) is 0.394. The highest BCUT2D eigenvalue weighted by Gasteiger charge is 2.45. The minimum Gasteiger partial charge on any atom is -0.410 e. The molecule has 0 aromatic heterocycles. The summed E-state index contributed by atoms with van der Waals surface area (Å²) in [5, 5.41) is 4.68. The van der Waals surface area contributed by atoms with Crippen molar-refractivity contribution in [2.45, 2.75) is 77.1 Å². The number of halogens is 1. The molecule has 0 fully saturated rings. The Morgan fingerprint density at radius 1 is 0.784 bits per heavy atom. The van der Waals surface area contributed by atoms with Gasteiger partial charge in [-0.2, -0.15) is 0 Å². The summed E-state index contributed by atoms with van der Waals surface area (Å²) in [5.41, 5.74) is 1.55. The Morgan fingerprint density at radius 2 is 1.24 bits per heavy atom. The molecule has 3 aromatic rings. The van der Waals surface area contributed by atoms with Crippen molar-refractivity contribution >= 4 is 55.5 Å². The van der Waals surface area contributed by atoms with E-state index in [0.29, 0.717) is 6.10 Å². The van der Waals surface area contributed by atoms with Crippen molar-refractivity contribution in [3.05, 3.63) is 103 Å². The second kappa shape index (κ2) is 13.2. The average Bonchev–Trinajstić information content (AvgIpc) is 2.88. The SMILES string of the molecule is CC(C)(C)[Si](C)(C)OC1CCCC=C1CCC[P+](c1ccccc1)(c1ccccc1)c1ccccc1.I. The predicted molar refractivity (Wildman–Crippen MR) is 179 cm³/mol. The van der Waals surface area contributed by atoms with Gasteiger partial charge in [0, 0.05) is 0 Å². The first-order valence-corrected chi connectivity index (χ1v) is 18.5. The van der Waals surface area contributed by atoms with Crippen LogP contribution in [0.1, 0.15) is 52.9 Å². The molecule has 1 aliphatic carbocycles. The minimum atomic E-state index is -1.80. The highest BCUT2D eigenvalue weighted by molar-refractivity contribution is 14.0. The van der Waals surface area contributed by atoms with E-state index in [2.05, 4.69) is 131 Å². The Hall–Kier alpha value is -1.26. The van der Waals surface area contributed by atoms with Crippen LogP contribution in [-0.2, 0) is 4.43 Å². The lowest BCUT2D eigenvalue weighted by Crippen LogP contribution is -2.44. The van der Waals surface area contributed by atoms with Gasteiger partial charge in [0.1, 0.15) is 23.2 Å². The maximum Gasteiger partial charge on any atom is 0.192 e. The maximum absolute atomic E-state index is 6.97. The van der Waals surface area contributed by atoms with Gasteiger partial charge >= 0.3 is 0 Å². The predicted octanol–water partition coefficient (Wildman–Crippen LogP) is 8.88. The van der Waals surface area contributed by atoms with Gasteiger partial charge in [0.15, 0.2) is 8.32 Å². The Balaban J connectivity index is 0.00000380. The number of hydrogen-bond donors (Lipinski definition) is 0. The first-order chi connectivity index (χ1) is 17.2. The lowest BCUT2D eigenvalue weighted by Gasteiger charge is -2.41. The molecular weight excluding hydrogens is 598 g/mol. The van der Waals surface area contributed by atoms with E-state index < -0.39 is 15.6 Å². The zero-order valence-electron chi connectivity index (χ0n) is 23.3. The fourth-order valence-electron chi connectivity index (χ4n) is 5.24. The molecule has 4 rings (SSSR count). The van der Waals surface area contributed by atoms with E-state index in [-0.39, 0.29) is 29.0 Å². The van der Waals surface area contributed by atoms with Crippen molar-refractivity contribution in [3.8, 4) is 0 Å². The van der Waals surface area contributed by atoms with Crippen molar-refractivity contribution < 1.29 is 4.43 Å². The molecule has 1 aliphatic rings. The van der Waals surface area contributed by atoms with Gasteiger partial charge in [-0.25, -0.2) is 0 Å². The summed E-state index contributed by atoms with van der Waals surface area (Å²) in [6.07, 6.45) is 9.92. The summed E-state index contributed by atoms with van der Waals surface area (Å²) in [6.45, 7) is 11.9. The first-order valence-electron chi connectivity index (χ1n) is 13.7. The summed E-state index contributed by atoms with van der Waals surface area (Å²) in [6, 6.07) is 33.8. The highest BCUT2D eigenvalue weighted by Crippen LogP contribution is 2.56. The number of rotatable bonds is 9. The van der Waals surface area contributed by atoms with Gasteiger partial charge < -0.3 is 4.43 Å². The van der Waals surface area contributed by atoms with Gasteiger partial charge in [0.25, 0.3) is 0 Å². The molecule has 0 spiro atoms. The summed E-state index contributed by atoms with van der Waals surface area (Å²) >= 11 is 0. The van der Waals surface area contributed by atoms with Crippen molar-refractivity contribution in [1.82, 2.24) is 0 Å². The van der Waals surface area contributed by atoms with E-state index in [0.717, 1.165) is 6.42 Å². The average molecular weight is 644 g/mol. The van der Waals surface area contributed by atoms with E-state index >= 15 is 0 Å². The van der Waals surface area contributed by atoms with Gasteiger partial charge in [-0.3, -0.25) is 0 Å². The molecule has 37 heavy (non-hydrogen) atoms. The zero-order chi connectivity index (χ0) is 25.7. The molecular formula is C33H45IOPSi+. The summed E-state index contributed by atoms with van der Waals surface area (Å²) in [5.74, 6) is 0. The summed E-state index contributed by atoms with van der Waals surface area (Å²) < 4.78 is 6.97. The van der Waals surface area contributed by atoms with Gasteiger partial charge in [-0.1, -0.05) is 81.4 Å². The normalized spacial score (nSPS) is 16.6. The van der Waals surface area contributed by atoms with Crippen LogP contribution in [0.15, 0.2) is 103 Å². The molecule has 4 heteroatoms. The van der Waals surface area contributed by atoms with Crippen LogP contribution < -0.4 is 15.9 Å². The van der Waals surface area contributed by atoms with Crippen molar-refractivity contribution in [1.29, 1.82) is 0 Å². The molecule has 0 amide bonds. The molecule has 0 bridgehead atoms. The molecule has 0 N–H and O–H groups in total. The second-order valence-electron chi connectivity index (χ2n) is 11.7. The number of hydrogen-bond acceptors (Lipinski definition) is 1. The smallest absolute Gasteiger partial charge is 0.192 e. The second-order valence-corrected chi connectivity index (χ2v) is 20.1. The molecule has 3 aromatic carbocycles. The Kier molecular flexibility index (Phi) is 10.8. The minimum absolute atomic E-state index is 0. The van der Waals surface area contributed by atoms with Crippen molar-refractivity contribution in [2.24, 2.45) is 0 Å². The molecule has 1 atom stereocenters. The van der Waals surface area contributed by atoms with Crippen LogP contribution in [0.3, 0.4) is 0 Å². The van der Waals surface area contributed by atoms with Crippen LogP contribution in [0.25, 0.3) is 0 Å². The molecule has 0 radical (unpaired) electrons. The third kappa shape index (κ3) is 7.04. The van der Waals surface area contributed by atoms with Gasteiger partial charge in [0.2, 0.25) is 0 Å². The topological polar surface area (TPSA) is 9.23 Å². The van der Waals surface area contributed by atoms with E-state index in [1.807, 2.05) is 0 Å². The van der Waals surface area contributed by atoms with E-state index in [9.17, 15) is 0 Å². The highest BCUT2D eigenvalue weighted by atomic mass is 127. The maximum atomic E-state index is 6.97. The Bertz CT molecular complexity index is 1030. The lowest BCUT2D eigenvalue weighted by molar-refractivity contribution is 0.191. The molecule has 0 saturated carbocycles. The molecule has 1 nitrogen and oxygen atoms in total. The summed E-state index contributed by atoms with van der Waals surface area (Å²) in [7, 11) is -3.57. The van der Waals surface area contributed by atoms with Crippen LogP contribution in [-0.4, -0.2) is 20.6 Å². The number of benzene rings is 3. The van der Waals surface area contributed by atoms with Crippen LogP contribution in [0.4, 0.5) is 0 Å². The van der Waals surface area contributed by atoms with Gasteiger partial charge in [0.05, 0.1) is 12.3 Å². The van der Waals surface area contributed by atoms with Crippen molar-refractivity contribution in [3.63, 3.8) is 0 Å². The lowest BCUT2D eigenvalue weighted by atomic mass is 9.93. The molecule has 1 unspecified atom stereocenters. The number of allylic oxidation sites excluding steroid dienone is 1. The quantitative estimate of drug-likeness (QED) is 0.0980. The zero-order valence-corrected chi connectivity index (χ0v) is 27.5.